The van der Waals surface area contributed by atoms with E-state index in [1.807, 2.05) is 7.05 Å². The Labute approximate surface area is 165 Å². The van der Waals surface area contributed by atoms with Crippen molar-refractivity contribution < 1.29 is 4.74 Å². The topological polar surface area (TPSA) is 48.9 Å². The van der Waals surface area contributed by atoms with Gasteiger partial charge in [0, 0.05) is 38.8 Å². The van der Waals surface area contributed by atoms with Crippen LogP contribution in [0.4, 0.5) is 0 Å². The fraction of sp³-hybridized carbons (Fsp3) is 0.682. The summed E-state index contributed by atoms with van der Waals surface area (Å²) in [6.07, 6.45) is 0. The molecule has 1 fully saturated rings. The van der Waals surface area contributed by atoms with Crippen molar-refractivity contribution in [1.82, 2.24) is 15.5 Å². The number of benzene rings is 1. The number of likely N-dealkylation sites (tertiary alicyclic amines) is 1. The lowest BCUT2D eigenvalue weighted by Crippen LogP contribution is -2.46. The fourth-order valence-electron chi connectivity index (χ4n) is 3.30. The molecule has 1 aromatic carbocycles. The van der Waals surface area contributed by atoms with Gasteiger partial charge in [-0.3, -0.25) is 9.89 Å². The maximum Gasteiger partial charge on any atom is 0.191 e. The van der Waals surface area contributed by atoms with E-state index in [0.29, 0.717) is 24.6 Å². The fourth-order valence-corrected chi connectivity index (χ4v) is 3.30. The van der Waals surface area contributed by atoms with Gasteiger partial charge >= 0.3 is 0 Å². The van der Waals surface area contributed by atoms with Crippen LogP contribution in [0.3, 0.4) is 0 Å². The van der Waals surface area contributed by atoms with E-state index < -0.39 is 0 Å². The van der Waals surface area contributed by atoms with Crippen molar-refractivity contribution in [3.63, 3.8) is 0 Å². The van der Waals surface area contributed by atoms with E-state index in [0.717, 1.165) is 25.6 Å². The summed E-state index contributed by atoms with van der Waals surface area (Å²) in [5.41, 5.74) is 2.31. The van der Waals surface area contributed by atoms with Crippen molar-refractivity contribution in [3.8, 4) is 0 Å². The first kappa shape index (κ1) is 21.7. The van der Waals surface area contributed by atoms with Gasteiger partial charge in [0.1, 0.15) is 0 Å². The molecule has 152 valence electrons. The standard InChI is InChI=1S/C22H38N4O/c1-16(2)26-13-17(3)20(14-26)25-21(23-7)24-12-18-9-8-10-19(11-18)15-27-22(4,5)6/h8-11,16-17,20H,12-15H2,1-7H3,(H2,23,24,25). The van der Waals surface area contributed by atoms with E-state index in [4.69, 9.17) is 4.74 Å². The lowest BCUT2D eigenvalue weighted by atomic mass is 10.1. The van der Waals surface area contributed by atoms with Crippen LogP contribution in [0.1, 0.15) is 52.7 Å². The van der Waals surface area contributed by atoms with Crippen molar-refractivity contribution in [2.45, 2.75) is 72.4 Å². The van der Waals surface area contributed by atoms with Gasteiger partial charge in [-0.15, -0.1) is 0 Å². The Hall–Kier alpha value is -1.59. The Morgan fingerprint density at radius 3 is 2.56 bits per heavy atom. The summed E-state index contributed by atoms with van der Waals surface area (Å²) < 4.78 is 5.89. The van der Waals surface area contributed by atoms with Crippen LogP contribution in [0, 0.1) is 5.92 Å². The number of hydrogen-bond donors (Lipinski definition) is 2. The summed E-state index contributed by atoms with van der Waals surface area (Å²) in [6.45, 7) is 16.7. The van der Waals surface area contributed by atoms with E-state index >= 15 is 0 Å². The molecule has 2 rings (SSSR count). The molecule has 1 aromatic rings. The third-order valence-corrected chi connectivity index (χ3v) is 5.04. The molecule has 1 aliphatic rings. The molecule has 0 radical (unpaired) electrons. The molecule has 27 heavy (non-hydrogen) atoms. The van der Waals surface area contributed by atoms with Gasteiger partial charge in [0.05, 0.1) is 12.2 Å². The minimum absolute atomic E-state index is 0.123. The van der Waals surface area contributed by atoms with Gasteiger partial charge in [0.25, 0.3) is 0 Å². The Bertz CT molecular complexity index is 621. The predicted octanol–water partition coefficient (Wildman–Crippen LogP) is 3.40. The van der Waals surface area contributed by atoms with Crippen LogP contribution in [0.15, 0.2) is 29.3 Å². The number of nitrogens with one attached hydrogen (secondary N) is 2. The Kier molecular flexibility index (Phi) is 7.68. The van der Waals surface area contributed by atoms with Crippen LogP contribution < -0.4 is 10.6 Å². The largest absolute Gasteiger partial charge is 0.371 e. The average Bonchev–Trinajstić information content (AvgIpc) is 2.97. The molecule has 2 atom stereocenters. The minimum atomic E-state index is -0.123. The van der Waals surface area contributed by atoms with E-state index in [-0.39, 0.29) is 5.60 Å². The lowest BCUT2D eigenvalue weighted by Gasteiger charge is -2.22. The molecule has 0 spiro atoms. The molecule has 0 amide bonds. The number of guanidine groups is 1. The molecule has 1 saturated heterocycles. The van der Waals surface area contributed by atoms with Crippen molar-refractivity contribution in [3.05, 3.63) is 35.4 Å². The van der Waals surface area contributed by atoms with Crippen LogP contribution in [0.2, 0.25) is 0 Å². The number of nitrogens with zero attached hydrogens (tertiary/aromatic N) is 2. The third-order valence-electron chi connectivity index (χ3n) is 5.04. The van der Waals surface area contributed by atoms with E-state index in [9.17, 15) is 0 Å². The maximum absolute atomic E-state index is 5.89. The molecule has 5 heteroatoms. The van der Waals surface area contributed by atoms with Crippen LogP contribution in [0.5, 0.6) is 0 Å². The predicted molar refractivity (Wildman–Crippen MR) is 114 cm³/mol. The van der Waals surface area contributed by atoms with Gasteiger partial charge in [-0.25, -0.2) is 0 Å². The first-order valence-corrected chi connectivity index (χ1v) is 10.1. The van der Waals surface area contributed by atoms with Gasteiger partial charge in [0.15, 0.2) is 5.96 Å². The number of ether oxygens (including phenoxy) is 1. The highest BCUT2D eigenvalue weighted by molar-refractivity contribution is 5.80. The summed E-state index contributed by atoms with van der Waals surface area (Å²) in [5, 5.41) is 7.06. The highest BCUT2D eigenvalue weighted by Crippen LogP contribution is 2.18. The maximum atomic E-state index is 5.89. The molecule has 5 nitrogen and oxygen atoms in total. The highest BCUT2D eigenvalue weighted by Gasteiger charge is 2.31. The quantitative estimate of drug-likeness (QED) is 0.592. The Balaban J connectivity index is 1.87. The summed E-state index contributed by atoms with van der Waals surface area (Å²) in [5.74, 6) is 1.48. The summed E-state index contributed by atoms with van der Waals surface area (Å²) >= 11 is 0. The second kappa shape index (κ2) is 9.56. The minimum Gasteiger partial charge on any atom is -0.371 e. The first-order valence-electron chi connectivity index (χ1n) is 10.1. The second-order valence-electron chi connectivity index (χ2n) is 8.92. The monoisotopic (exact) mass is 374 g/mol. The zero-order valence-corrected chi connectivity index (χ0v) is 18.2. The average molecular weight is 375 g/mol. The molecular formula is C22H38N4O. The van der Waals surface area contributed by atoms with Crippen LogP contribution in [0.25, 0.3) is 0 Å². The van der Waals surface area contributed by atoms with Gasteiger partial charge in [-0.1, -0.05) is 31.2 Å². The molecule has 2 unspecified atom stereocenters. The van der Waals surface area contributed by atoms with Crippen LogP contribution in [-0.4, -0.2) is 48.7 Å². The number of hydrogen-bond acceptors (Lipinski definition) is 3. The number of aliphatic imine (C=N–C) groups is 1. The molecular weight excluding hydrogens is 336 g/mol. The van der Waals surface area contributed by atoms with Gasteiger partial charge in [-0.2, -0.15) is 0 Å². The van der Waals surface area contributed by atoms with Crippen molar-refractivity contribution >= 4 is 5.96 Å². The van der Waals surface area contributed by atoms with Crippen LogP contribution in [-0.2, 0) is 17.9 Å². The first-order chi connectivity index (χ1) is 12.7. The molecule has 0 aliphatic carbocycles. The summed E-state index contributed by atoms with van der Waals surface area (Å²) in [7, 11) is 1.84. The van der Waals surface area contributed by atoms with E-state index in [2.05, 4.69) is 86.3 Å². The third kappa shape index (κ3) is 7.15. The van der Waals surface area contributed by atoms with Gasteiger partial charge in [-0.05, 0) is 51.7 Å². The van der Waals surface area contributed by atoms with Gasteiger partial charge < -0.3 is 15.4 Å². The molecule has 0 aromatic heterocycles. The lowest BCUT2D eigenvalue weighted by molar-refractivity contribution is -0.0149. The van der Waals surface area contributed by atoms with Crippen LogP contribution >= 0.6 is 0 Å². The SMILES string of the molecule is CN=C(NCc1cccc(COC(C)(C)C)c1)NC1CN(C(C)C)CC1C. The molecule has 0 bridgehead atoms. The smallest absolute Gasteiger partial charge is 0.191 e. The Morgan fingerprint density at radius 2 is 1.96 bits per heavy atom. The van der Waals surface area contributed by atoms with E-state index in [1.54, 1.807) is 0 Å². The molecule has 2 N–H and O–H groups in total. The van der Waals surface area contributed by atoms with Crippen molar-refractivity contribution in [2.24, 2.45) is 10.9 Å². The van der Waals surface area contributed by atoms with Gasteiger partial charge in [0.2, 0.25) is 0 Å². The number of rotatable bonds is 6. The zero-order valence-electron chi connectivity index (χ0n) is 18.2. The second-order valence-corrected chi connectivity index (χ2v) is 8.92. The summed E-state index contributed by atoms with van der Waals surface area (Å²) in [4.78, 5) is 6.94. The van der Waals surface area contributed by atoms with E-state index in [1.165, 1.54) is 11.1 Å². The molecule has 0 saturated carbocycles. The highest BCUT2D eigenvalue weighted by atomic mass is 16.5. The van der Waals surface area contributed by atoms with Crippen molar-refractivity contribution in [1.29, 1.82) is 0 Å². The van der Waals surface area contributed by atoms with Crippen molar-refractivity contribution in [2.75, 3.05) is 20.1 Å². The molecule has 1 heterocycles. The Morgan fingerprint density at radius 1 is 1.26 bits per heavy atom. The normalized spacial score (nSPS) is 21.7. The molecule has 1 aliphatic heterocycles. The summed E-state index contributed by atoms with van der Waals surface area (Å²) in [6, 6.07) is 9.57. The zero-order chi connectivity index (χ0) is 20.0.